The fourth-order valence-electron chi connectivity index (χ4n) is 4.49. The molecule has 2 fully saturated rings. The van der Waals surface area contributed by atoms with Crippen LogP contribution in [0.15, 0.2) is 30.5 Å². The van der Waals surface area contributed by atoms with Crippen molar-refractivity contribution in [1.82, 2.24) is 15.3 Å². The Labute approximate surface area is 179 Å². The Morgan fingerprint density at radius 1 is 1.03 bits per heavy atom. The maximum atomic E-state index is 13.0. The van der Waals surface area contributed by atoms with E-state index in [0.29, 0.717) is 12.0 Å². The monoisotopic (exact) mass is 407 g/mol. The lowest BCUT2D eigenvalue weighted by Gasteiger charge is -2.31. The van der Waals surface area contributed by atoms with E-state index in [9.17, 15) is 4.79 Å². The maximum absolute atomic E-state index is 13.0. The topological polar surface area (TPSA) is 70.2 Å². The van der Waals surface area contributed by atoms with E-state index in [2.05, 4.69) is 51.8 Å². The zero-order valence-corrected chi connectivity index (χ0v) is 18.5. The number of carbonyl (C=O) groups excluding carboxylic acids is 1. The first-order valence-electron chi connectivity index (χ1n) is 11.0. The van der Waals surface area contributed by atoms with E-state index in [4.69, 9.17) is 0 Å². The van der Waals surface area contributed by atoms with E-state index in [0.717, 1.165) is 55.5 Å². The highest BCUT2D eigenvalue weighted by Gasteiger charge is 2.51. The molecule has 0 atom stereocenters. The zero-order chi connectivity index (χ0) is 21.3. The van der Waals surface area contributed by atoms with Gasteiger partial charge in [-0.25, -0.2) is 4.98 Å². The van der Waals surface area contributed by atoms with Crippen molar-refractivity contribution in [3.8, 4) is 0 Å². The number of rotatable bonds is 6. The van der Waals surface area contributed by atoms with Gasteiger partial charge in [-0.15, -0.1) is 0 Å². The Morgan fingerprint density at radius 2 is 1.67 bits per heavy atom. The molecule has 0 unspecified atom stereocenters. The van der Waals surface area contributed by atoms with Crippen LogP contribution < -0.4 is 15.5 Å². The first-order valence-corrected chi connectivity index (χ1v) is 11.0. The Bertz CT molecular complexity index is 896. The summed E-state index contributed by atoms with van der Waals surface area (Å²) in [5.41, 5.74) is 3.17. The van der Waals surface area contributed by atoms with Crippen molar-refractivity contribution in [2.45, 2.75) is 69.9 Å². The highest BCUT2D eigenvalue weighted by Crippen LogP contribution is 2.48. The van der Waals surface area contributed by atoms with E-state index >= 15 is 0 Å². The van der Waals surface area contributed by atoms with Crippen molar-refractivity contribution >= 4 is 17.7 Å². The number of hydrogen-bond donors (Lipinski definition) is 2. The van der Waals surface area contributed by atoms with Crippen LogP contribution in [0.2, 0.25) is 0 Å². The molecule has 0 bridgehead atoms. The number of hydrogen-bond acceptors (Lipinski definition) is 5. The van der Waals surface area contributed by atoms with Gasteiger partial charge in [-0.2, -0.15) is 4.98 Å². The summed E-state index contributed by atoms with van der Waals surface area (Å²) in [5, 5.41) is 6.84. The summed E-state index contributed by atoms with van der Waals surface area (Å²) in [5.74, 6) is 1.84. The van der Waals surface area contributed by atoms with Crippen LogP contribution in [-0.2, 0) is 10.2 Å². The zero-order valence-electron chi connectivity index (χ0n) is 18.5. The van der Waals surface area contributed by atoms with E-state index in [1.807, 2.05) is 32.1 Å². The second-order valence-electron chi connectivity index (χ2n) is 9.21. The number of aromatic nitrogens is 2. The van der Waals surface area contributed by atoms with Gasteiger partial charge in [-0.1, -0.05) is 29.8 Å². The van der Waals surface area contributed by atoms with Gasteiger partial charge in [-0.3, -0.25) is 4.79 Å². The molecule has 30 heavy (non-hydrogen) atoms. The quantitative estimate of drug-likeness (QED) is 0.764. The van der Waals surface area contributed by atoms with Gasteiger partial charge in [0.1, 0.15) is 5.82 Å². The molecule has 1 heterocycles. The molecule has 2 saturated carbocycles. The Morgan fingerprint density at radius 3 is 2.27 bits per heavy atom. The smallest absolute Gasteiger partial charge is 0.230 e. The van der Waals surface area contributed by atoms with Crippen LogP contribution in [0.4, 0.5) is 11.8 Å². The molecule has 160 valence electrons. The fraction of sp³-hybridized carbons (Fsp3) is 0.542. The fourth-order valence-corrected chi connectivity index (χ4v) is 4.49. The first-order chi connectivity index (χ1) is 14.4. The van der Waals surface area contributed by atoms with Gasteiger partial charge in [0.2, 0.25) is 11.9 Å². The SMILES string of the molecule is Cc1ccc(C2(C(=O)N[C@H]3CC[C@@H](Nc4ncc(C)c(N(C)C)n4)CC3)CC2)cc1. The van der Waals surface area contributed by atoms with Crippen LogP contribution >= 0.6 is 0 Å². The molecule has 2 N–H and O–H groups in total. The van der Waals surface area contributed by atoms with E-state index in [1.54, 1.807) is 0 Å². The number of nitrogens with one attached hydrogen (secondary N) is 2. The summed E-state index contributed by atoms with van der Waals surface area (Å²) < 4.78 is 0. The molecule has 1 aromatic carbocycles. The van der Waals surface area contributed by atoms with Gasteiger partial charge in [0.15, 0.2) is 0 Å². The largest absolute Gasteiger partial charge is 0.362 e. The third kappa shape index (κ3) is 4.27. The van der Waals surface area contributed by atoms with Crippen LogP contribution in [-0.4, -0.2) is 42.1 Å². The molecule has 1 amide bonds. The predicted octanol–water partition coefficient (Wildman–Crippen LogP) is 3.73. The minimum Gasteiger partial charge on any atom is -0.362 e. The van der Waals surface area contributed by atoms with Gasteiger partial charge >= 0.3 is 0 Å². The van der Waals surface area contributed by atoms with Crippen LogP contribution in [0.25, 0.3) is 0 Å². The maximum Gasteiger partial charge on any atom is 0.230 e. The van der Waals surface area contributed by atoms with Crippen LogP contribution in [0.3, 0.4) is 0 Å². The second kappa shape index (κ2) is 8.25. The second-order valence-corrected chi connectivity index (χ2v) is 9.21. The van der Waals surface area contributed by atoms with E-state index < -0.39 is 0 Å². The molecule has 2 aliphatic carbocycles. The Hall–Kier alpha value is -2.63. The Kier molecular flexibility index (Phi) is 5.67. The highest BCUT2D eigenvalue weighted by molar-refractivity contribution is 5.91. The minimum absolute atomic E-state index is 0.209. The molecule has 6 nitrogen and oxygen atoms in total. The van der Waals surface area contributed by atoms with Crippen LogP contribution in [0, 0.1) is 13.8 Å². The average molecular weight is 408 g/mol. The molecule has 2 aliphatic rings. The third-order valence-corrected chi connectivity index (χ3v) is 6.55. The van der Waals surface area contributed by atoms with Crippen molar-refractivity contribution in [2.75, 3.05) is 24.3 Å². The first kappa shape index (κ1) is 20.6. The predicted molar refractivity (Wildman–Crippen MR) is 121 cm³/mol. The molecule has 4 rings (SSSR count). The van der Waals surface area contributed by atoms with Crippen molar-refractivity contribution in [1.29, 1.82) is 0 Å². The van der Waals surface area contributed by atoms with Crippen molar-refractivity contribution in [2.24, 2.45) is 0 Å². The van der Waals surface area contributed by atoms with E-state index in [1.165, 1.54) is 5.56 Å². The van der Waals surface area contributed by atoms with Crippen LogP contribution in [0.1, 0.15) is 55.2 Å². The van der Waals surface area contributed by atoms with Crippen molar-refractivity contribution in [3.63, 3.8) is 0 Å². The lowest BCUT2D eigenvalue weighted by atomic mass is 9.89. The van der Waals surface area contributed by atoms with Gasteiger partial charge in [0.05, 0.1) is 5.41 Å². The number of nitrogens with zero attached hydrogens (tertiary/aromatic N) is 3. The summed E-state index contributed by atoms with van der Waals surface area (Å²) >= 11 is 0. The normalized spacial score (nSPS) is 22.3. The Balaban J connectivity index is 1.30. The molecule has 6 heteroatoms. The summed E-state index contributed by atoms with van der Waals surface area (Å²) in [6, 6.07) is 9.05. The number of aryl methyl sites for hydroxylation is 2. The summed E-state index contributed by atoms with van der Waals surface area (Å²) in [4.78, 5) is 24.1. The lowest BCUT2D eigenvalue weighted by Crippen LogP contribution is -2.44. The molecule has 0 radical (unpaired) electrons. The molecule has 0 saturated heterocycles. The number of anilines is 2. The molecule has 0 aliphatic heterocycles. The molecular formula is C24H33N5O. The summed E-state index contributed by atoms with van der Waals surface area (Å²) in [6.07, 6.45) is 7.78. The summed E-state index contributed by atoms with van der Waals surface area (Å²) in [7, 11) is 3.99. The lowest BCUT2D eigenvalue weighted by molar-refractivity contribution is -0.124. The molecule has 1 aromatic heterocycles. The summed E-state index contributed by atoms with van der Waals surface area (Å²) in [6.45, 7) is 4.11. The molecule has 0 spiro atoms. The van der Waals surface area contributed by atoms with E-state index in [-0.39, 0.29) is 17.4 Å². The molecule has 2 aromatic rings. The molecular weight excluding hydrogens is 374 g/mol. The standard InChI is InChI=1S/C24H33N5O/c1-16-5-7-18(8-6-16)24(13-14-24)22(30)26-19-9-11-20(12-10-19)27-23-25-15-17(2)21(28-23)29(3)4/h5-8,15,19-20H,9-14H2,1-4H3,(H,26,30)(H,25,27,28)/t19-,20+. The van der Waals surface area contributed by atoms with Gasteiger partial charge in [0, 0.05) is 37.9 Å². The van der Waals surface area contributed by atoms with Crippen molar-refractivity contribution < 1.29 is 4.79 Å². The third-order valence-electron chi connectivity index (χ3n) is 6.55. The number of amides is 1. The highest BCUT2D eigenvalue weighted by atomic mass is 16.2. The van der Waals surface area contributed by atoms with Gasteiger partial charge in [0.25, 0.3) is 0 Å². The van der Waals surface area contributed by atoms with Gasteiger partial charge < -0.3 is 15.5 Å². The average Bonchev–Trinajstić information content (AvgIpc) is 3.53. The minimum atomic E-state index is -0.291. The number of benzene rings is 1. The van der Waals surface area contributed by atoms with Crippen LogP contribution in [0.5, 0.6) is 0 Å². The van der Waals surface area contributed by atoms with Gasteiger partial charge in [-0.05, 0) is 57.9 Å². The number of carbonyl (C=O) groups is 1. The van der Waals surface area contributed by atoms with Crippen molar-refractivity contribution in [3.05, 3.63) is 47.2 Å².